The largest absolute Gasteiger partial charge is 0.387 e. The van der Waals surface area contributed by atoms with Gasteiger partial charge in [-0.15, -0.1) is 0 Å². The summed E-state index contributed by atoms with van der Waals surface area (Å²) in [7, 11) is 1.45. The van der Waals surface area contributed by atoms with Gasteiger partial charge in [-0.1, -0.05) is 25.1 Å². The average Bonchev–Trinajstić information content (AvgIpc) is 2.95. The summed E-state index contributed by atoms with van der Waals surface area (Å²) in [6, 6.07) is 7.14. The summed E-state index contributed by atoms with van der Waals surface area (Å²) < 4.78 is 6.02. The lowest BCUT2D eigenvalue weighted by molar-refractivity contribution is -0.194. The van der Waals surface area contributed by atoms with E-state index >= 15 is 0 Å². The fourth-order valence-electron chi connectivity index (χ4n) is 5.57. The Morgan fingerprint density at radius 2 is 2.19 bits per heavy atom. The molecule has 138 valence electrons. The van der Waals surface area contributed by atoms with Crippen molar-refractivity contribution in [2.75, 3.05) is 18.8 Å². The number of carbonyl (C=O) groups excluding carboxylic acids is 1. The van der Waals surface area contributed by atoms with Gasteiger partial charge in [0.15, 0.2) is 0 Å². The molecular formula is C19H22N2O5. The first-order valence-corrected chi connectivity index (χ1v) is 9.07. The van der Waals surface area contributed by atoms with Gasteiger partial charge in [-0.25, -0.2) is 0 Å². The van der Waals surface area contributed by atoms with Crippen LogP contribution in [-0.4, -0.2) is 59.4 Å². The molecule has 4 heterocycles. The number of nitrogens with zero attached hydrogens (tertiary/aromatic N) is 2. The molecule has 6 atom stereocenters. The molecule has 1 saturated carbocycles. The lowest BCUT2D eigenvalue weighted by atomic mass is 9.69. The van der Waals surface area contributed by atoms with E-state index in [1.807, 2.05) is 31.2 Å². The first kappa shape index (κ1) is 16.4. The number of benzene rings is 1. The molecule has 1 amide bonds. The predicted octanol–water partition coefficient (Wildman–Crippen LogP) is 0.576. The van der Waals surface area contributed by atoms with Crippen LogP contribution < -0.4 is 5.06 Å². The normalized spacial score (nSPS) is 43.0. The predicted molar refractivity (Wildman–Crippen MR) is 92.9 cm³/mol. The summed E-state index contributed by atoms with van der Waals surface area (Å²) in [6.07, 6.45) is -1.11. The molecular weight excluding hydrogens is 336 g/mol. The molecule has 0 unspecified atom stereocenters. The van der Waals surface area contributed by atoms with Crippen LogP contribution in [0.4, 0.5) is 5.69 Å². The molecule has 2 saturated heterocycles. The van der Waals surface area contributed by atoms with Crippen LogP contribution in [0, 0.1) is 5.92 Å². The van der Waals surface area contributed by atoms with Crippen molar-refractivity contribution in [1.29, 1.82) is 0 Å². The Balaban J connectivity index is 1.75. The maximum Gasteiger partial charge on any atom is 0.264 e. The number of anilines is 1. The molecule has 6 rings (SSSR count). The zero-order valence-electron chi connectivity index (χ0n) is 14.8. The molecule has 0 radical (unpaired) electrons. The van der Waals surface area contributed by atoms with Crippen molar-refractivity contribution in [2.24, 2.45) is 10.9 Å². The highest BCUT2D eigenvalue weighted by molar-refractivity contribution is 6.08. The Hall–Kier alpha value is -1.80. The SMILES string of the molecule is CCC1=N[C@H]2C[C@@]3(C(=O)N(OC)c4ccccc43)[C@@H]3OC[C@H]2[C@]1(O)[C@@H]3O. The lowest BCUT2D eigenvalue weighted by Crippen LogP contribution is -2.66. The number of aliphatic hydroxyl groups excluding tert-OH is 1. The second-order valence-electron chi connectivity index (χ2n) is 7.60. The molecule has 2 N–H and O–H groups in total. The van der Waals surface area contributed by atoms with Crippen molar-refractivity contribution in [3.05, 3.63) is 29.8 Å². The van der Waals surface area contributed by atoms with Gasteiger partial charge in [0.25, 0.3) is 5.91 Å². The van der Waals surface area contributed by atoms with Gasteiger partial charge in [0, 0.05) is 11.6 Å². The number of aliphatic hydroxyl groups is 2. The number of carbonyl (C=O) groups is 1. The third-order valence-electron chi connectivity index (χ3n) is 6.71. The van der Waals surface area contributed by atoms with Crippen molar-refractivity contribution in [3.8, 4) is 0 Å². The standard InChI is InChI=1S/C19H22N2O5/c1-3-14-19(24)11-9-26-16(15(19)22)18(8-12(11)20-14)10-6-4-5-7-13(10)21(25-2)17(18)23/h4-7,11-12,15-16,22,24H,3,8-9H2,1-2H3/t11-,12+,15-,16-,18+,19-/m1/s1. The van der Waals surface area contributed by atoms with Crippen molar-refractivity contribution in [3.63, 3.8) is 0 Å². The minimum atomic E-state index is -1.43. The third kappa shape index (κ3) is 1.59. The smallest absolute Gasteiger partial charge is 0.264 e. The summed E-state index contributed by atoms with van der Waals surface area (Å²) in [6.45, 7) is 2.20. The van der Waals surface area contributed by atoms with E-state index in [9.17, 15) is 15.0 Å². The highest BCUT2D eigenvalue weighted by Crippen LogP contribution is 2.57. The number of hydroxylamine groups is 1. The van der Waals surface area contributed by atoms with E-state index in [1.54, 1.807) is 0 Å². The third-order valence-corrected chi connectivity index (χ3v) is 6.71. The summed E-state index contributed by atoms with van der Waals surface area (Å²) in [5, 5.41) is 23.9. The van der Waals surface area contributed by atoms with Gasteiger partial charge in [0.1, 0.15) is 23.2 Å². The monoisotopic (exact) mass is 358 g/mol. The lowest BCUT2D eigenvalue weighted by Gasteiger charge is -2.46. The van der Waals surface area contributed by atoms with Crippen molar-refractivity contribution < 1.29 is 24.6 Å². The average molecular weight is 358 g/mol. The van der Waals surface area contributed by atoms with Gasteiger partial charge in [0.05, 0.1) is 25.4 Å². The first-order valence-electron chi connectivity index (χ1n) is 9.07. The Labute approximate surface area is 151 Å². The number of amides is 1. The van der Waals surface area contributed by atoms with E-state index in [0.717, 1.165) is 5.56 Å². The summed E-state index contributed by atoms with van der Waals surface area (Å²) in [4.78, 5) is 23.5. The zero-order chi connectivity index (χ0) is 18.3. The highest BCUT2D eigenvalue weighted by Gasteiger charge is 2.72. The van der Waals surface area contributed by atoms with Crippen LogP contribution >= 0.6 is 0 Å². The number of rotatable bonds is 2. The van der Waals surface area contributed by atoms with Crippen LogP contribution in [0.3, 0.4) is 0 Å². The Bertz CT molecular complexity index is 826. The van der Waals surface area contributed by atoms with E-state index in [-0.39, 0.29) is 24.5 Å². The highest BCUT2D eigenvalue weighted by atomic mass is 16.7. The van der Waals surface area contributed by atoms with Crippen LogP contribution in [0.1, 0.15) is 25.3 Å². The fraction of sp³-hybridized carbons (Fsp3) is 0.579. The Morgan fingerprint density at radius 3 is 2.92 bits per heavy atom. The summed E-state index contributed by atoms with van der Waals surface area (Å²) in [5.74, 6) is -0.602. The van der Waals surface area contributed by atoms with Crippen molar-refractivity contribution in [1.82, 2.24) is 0 Å². The van der Waals surface area contributed by atoms with Crippen LogP contribution in [0.15, 0.2) is 29.3 Å². The molecule has 4 bridgehead atoms. The Kier molecular flexibility index (Phi) is 3.23. The van der Waals surface area contributed by atoms with Crippen molar-refractivity contribution >= 4 is 17.3 Å². The molecule has 7 nitrogen and oxygen atoms in total. The minimum Gasteiger partial charge on any atom is -0.387 e. The maximum atomic E-state index is 13.5. The van der Waals surface area contributed by atoms with E-state index in [0.29, 0.717) is 24.2 Å². The van der Waals surface area contributed by atoms with E-state index in [1.165, 1.54) is 12.2 Å². The van der Waals surface area contributed by atoms with Crippen LogP contribution in [0.2, 0.25) is 0 Å². The van der Waals surface area contributed by atoms with Gasteiger partial charge in [-0.2, -0.15) is 5.06 Å². The van der Waals surface area contributed by atoms with Gasteiger partial charge in [-0.3, -0.25) is 14.6 Å². The number of hydrogen-bond acceptors (Lipinski definition) is 6. The topological polar surface area (TPSA) is 91.6 Å². The molecule has 0 aromatic heterocycles. The molecule has 1 spiro atoms. The number of fused-ring (bicyclic) bond motifs is 2. The van der Waals surface area contributed by atoms with Gasteiger partial charge >= 0.3 is 0 Å². The van der Waals surface area contributed by atoms with Crippen LogP contribution in [0.25, 0.3) is 0 Å². The fourth-order valence-corrected chi connectivity index (χ4v) is 5.57. The molecule has 7 heteroatoms. The summed E-state index contributed by atoms with van der Waals surface area (Å²) in [5.41, 5.74) is -0.504. The van der Waals surface area contributed by atoms with Crippen molar-refractivity contribution in [2.45, 2.75) is 49.0 Å². The molecule has 4 aliphatic heterocycles. The first-order chi connectivity index (χ1) is 12.5. The quantitative estimate of drug-likeness (QED) is 0.807. The molecule has 3 fully saturated rings. The molecule has 1 aliphatic carbocycles. The van der Waals surface area contributed by atoms with Gasteiger partial charge in [0.2, 0.25) is 0 Å². The van der Waals surface area contributed by atoms with E-state index in [4.69, 9.17) is 14.6 Å². The number of aliphatic imine (C=N–C) groups is 1. The van der Waals surface area contributed by atoms with Gasteiger partial charge in [-0.05, 0) is 24.5 Å². The van der Waals surface area contributed by atoms with Gasteiger partial charge < -0.3 is 14.9 Å². The second kappa shape index (κ2) is 5.13. The second-order valence-corrected chi connectivity index (χ2v) is 7.60. The number of hydrogen-bond donors (Lipinski definition) is 2. The zero-order valence-corrected chi connectivity index (χ0v) is 14.8. The Morgan fingerprint density at radius 1 is 1.42 bits per heavy atom. The molecule has 1 aromatic rings. The van der Waals surface area contributed by atoms with Crippen LogP contribution in [0.5, 0.6) is 0 Å². The van der Waals surface area contributed by atoms with E-state index in [2.05, 4.69) is 0 Å². The van der Waals surface area contributed by atoms with E-state index < -0.39 is 23.2 Å². The maximum absolute atomic E-state index is 13.5. The molecule has 1 aromatic carbocycles. The van der Waals surface area contributed by atoms with Crippen LogP contribution in [-0.2, 0) is 19.8 Å². The molecule has 26 heavy (non-hydrogen) atoms. The number of para-hydroxylation sites is 1. The number of ether oxygens (including phenoxy) is 1. The minimum absolute atomic E-state index is 0.268. The molecule has 5 aliphatic rings. The summed E-state index contributed by atoms with van der Waals surface area (Å²) >= 11 is 0.